The van der Waals surface area contributed by atoms with Gasteiger partial charge in [-0.25, -0.2) is 4.39 Å². The topological polar surface area (TPSA) is 0 Å². The minimum atomic E-state index is 0.209. The van der Waals surface area contributed by atoms with Gasteiger partial charge in [0.25, 0.3) is 0 Å². The molecule has 0 aliphatic carbocycles. The SMILES string of the molecule is CCCCCCCCC[C](F)CCC. The predicted octanol–water partition coefficient (Wildman–Crippen LogP) is 5.43. The Hall–Kier alpha value is -0.0700. The van der Waals surface area contributed by atoms with Gasteiger partial charge in [-0.15, -0.1) is 0 Å². The van der Waals surface area contributed by atoms with E-state index >= 15 is 0 Å². The summed E-state index contributed by atoms with van der Waals surface area (Å²) in [4.78, 5) is 0. The molecule has 0 aromatic heterocycles. The molecule has 0 fully saturated rings. The molecule has 0 aliphatic rings. The van der Waals surface area contributed by atoms with E-state index in [0.717, 1.165) is 12.8 Å². The number of hydrogen-bond donors (Lipinski definition) is 0. The van der Waals surface area contributed by atoms with E-state index in [1.165, 1.54) is 38.5 Å². The van der Waals surface area contributed by atoms with Crippen molar-refractivity contribution in [2.24, 2.45) is 0 Å². The maximum Gasteiger partial charge on any atom is 0.144 e. The standard InChI is InChI=1S/C13H26F/c1-3-5-6-7-8-9-10-12-13(14)11-4-2/h3-12H2,1-2H3. The molecule has 1 heteroatoms. The van der Waals surface area contributed by atoms with Crippen LogP contribution < -0.4 is 0 Å². The fraction of sp³-hybridized carbons (Fsp3) is 0.923. The molecule has 0 nitrogen and oxygen atoms in total. The van der Waals surface area contributed by atoms with Gasteiger partial charge in [0.1, 0.15) is 6.17 Å². The van der Waals surface area contributed by atoms with E-state index in [-0.39, 0.29) is 6.17 Å². The smallest absolute Gasteiger partial charge is 0.144 e. The van der Waals surface area contributed by atoms with Crippen molar-refractivity contribution in [2.45, 2.75) is 78.1 Å². The molecule has 0 saturated heterocycles. The highest BCUT2D eigenvalue weighted by Gasteiger charge is 2.05. The molecular formula is C13H26F. The summed E-state index contributed by atoms with van der Waals surface area (Å²) in [6.45, 7) is 4.26. The van der Waals surface area contributed by atoms with Crippen LogP contribution in [-0.4, -0.2) is 0 Å². The molecular weight excluding hydrogens is 175 g/mol. The van der Waals surface area contributed by atoms with Crippen molar-refractivity contribution in [3.05, 3.63) is 6.17 Å². The van der Waals surface area contributed by atoms with Crippen molar-refractivity contribution in [1.29, 1.82) is 0 Å². The molecule has 0 spiro atoms. The second kappa shape index (κ2) is 11.0. The van der Waals surface area contributed by atoms with E-state index in [0.29, 0.717) is 12.8 Å². The second-order valence-corrected chi connectivity index (χ2v) is 4.14. The highest BCUT2D eigenvalue weighted by atomic mass is 19.1. The third-order valence-electron chi connectivity index (χ3n) is 2.57. The van der Waals surface area contributed by atoms with Crippen LogP contribution in [0.3, 0.4) is 0 Å². The number of unbranched alkanes of at least 4 members (excludes halogenated alkanes) is 6. The summed E-state index contributed by atoms with van der Waals surface area (Å²) in [5.41, 5.74) is 0. The summed E-state index contributed by atoms with van der Waals surface area (Å²) in [7, 11) is 0. The van der Waals surface area contributed by atoms with Crippen molar-refractivity contribution >= 4 is 0 Å². The van der Waals surface area contributed by atoms with E-state index in [9.17, 15) is 4.39 Å². The maximum absolute atomic E-state index is 12.9. The Balaban J connectivity index is 2.98. The summed E-state index contributed by atoms with van der Waals surface area (Å²) in [5.74, 6) is 0. The van der Waals surface area contributed by atoms with Gasteiger partial charge in [-0.05, 0) is 12.8 Å². The Kier molecular flexibility index (Phi) is 11.0. The predicted molar refractivity (Wildman–Crippen MR) is 61.9 cm³/mol. The van der Waals surface area contributed by atoms with Crippen molar-refractivity contribution in [1.82, 2.24) is 0 Å². The lowest BCUT2D eigenvalue weighted by Gasteiger charge is -2.04. The lowest BCUT2D eigenvalue weighted by Crippen LogP contribution is -1.89. The summed E-state index contributed by atoms with van der Waals surface area (Å²) in [6.07, 6.45) is 11.5. The molecule has 0 rings (SSSR count). The minimum absolute atomic E-state index is 0.209. The zero-order chi connectivity index (χ0) is 10.6. The molecule has 85 valence electrons. The van der Waals surface area contributed by atoms with Crippen LogP contribution in [0, 0.1) is 6.17 Å². The molecule has 0 N–H and O–H groups in total. The Labute approximate surface area is 89.3 Å². The van der Waals surface area contributed by atoms with Crippen LogP contribution in [0.15, 0.2) is 0 Å². The van der Waals surface area contributed by atoms with Gasteiger partial charge in [-0.2, -0.15) is 0 Å². The maximum atomic E-state index is 12.9. The van der Waals surface area contributed by atoms with Crippen LogP contribution >= 0.6 is 0 Å². The first-order valence-corrected chi connectivity index (χ1v) is 6.31. The first-order valence-electron chi connectivity index (χ1n) is 6.31. The first-order chi connectivity index (χ1) is 6.81. The van der Waals surface area contributed by atoms with Gasteiger partial charge in [0.2, 0.25) is 0 Å². The van der Waals surface area contributed by atoms with Gasteiger partial charge in [0.15, 0.2) is 0 Å². The number of hydrogen-bond acceptors (Lipinski definition) is 0. The summed E-state index contributed by atoms with van der Waals surface area (Å²) in [5, 5.41) is 0. The molecule has 0 heterocycles. The Morgan fingerprint density at radius 2 is 1.29 bits per heavy atom. The van der Waals surface area contributed by atoms with Crippen LogP contribution in [0.5, 0.6) is 0 Å². The van der Waals surface area contributed by atoms with Gasteiger partial charge >= 0.3 is 0 Å². The lowest BCUT2D eigenvalue weighted by atomic mass is 10.1. The van der Waals surface area contributed by atoms with Gasteiger partial charge in [0, 0.05) is 0 Å². The summed E-state index contributed by atoms with van der Waals surface area (Å²) >= 11 is 0. The number of halogens is 1. The van der Waals surface area contributed by atoms with E-state index in [1.54, 1.807) is 0 Å². The monoisotopic (exact) mass is 201 g/mol. The van der Waals surface area contributed by atoms with Crippen LogP contribution in [0.1, 0.15) is 78.1 Å². The Bertz CT molecular complexity index is 101. The Morgan fingerprint density at radius 1 is 0.714 bits per heavy atom. The summed E-state index contributed by atoms with van der Waals surface area (Å²) in [6, 6.07) is 0. The van der Waals surface area contributed by atoms with Crippen LogP contribution in [0.2, 0.25) is 0 Å². The molecule has 0 unspecified atom stereocenters. The minimum Gasteiger partial charge on any atom is -0.240 e. The quantitative estimate of drug-likeness (QED) is 0.413. The van der Waals surface area contributed by atoms with Crippen molar-refractivity contribution in [3.8, 4) is 0 Å². The average Bonchev–Trinajstić information content (AvgIpc) is 2.17. The highest BCUT2D eigenvalue weighted by Crippen LogP contribution is 2.19. The van der Waals surface area contributed by atoms with Crippen molar-refractivity contribution in [3.63, 3.8) is 0 Å². The van der Waals surface area contributed by atoms with Gasteiger partial charge in [0.05, 0.1) is 0 Å². The van der Waals surface area contributed by atoms with Gasteiger partial charge in [-0.1, -0.05) is 65.2 Å². The first kappa shape index (κ1) is 13.9. The zero-order valence-corrected chi connectivity index (χ0v) is 9.95. The molecule has 0 aromatic rings. The molecule has 0 aliphatic heterocycles. The van der Waals surface area contributed by atoms with Crippen LogP contribution in [-0.2, 0) is 0 Å². The lowest BCUT2D eigenvalue weighted by molar-refractivity contribution is 0.408. The van der Waals surface area contributed by atoms with E-state index < -0.39 is 0 Å². The zero-order valence-electron chi connectivity index (χ0n) is 9.95. The van der Waals surface area contributed by atoms with Gasteiger partial charge in [-0.3, -0.25) is 0 Å². The molecule has 1 radical (unpaired) electrons. The largest absolute Gasteiger partial charge is 0.240 e. The highest BCUT2D eigenvalue weighted by molar-refractivity contribution is 4.74. The van der Waals surface area contributed by atoms with E-state index in [1.807, 2.05) is 6.92 Å². The van der Waals surface area contributed by atoms with Gasteiger partial charge < -0.3 is 0 Å². The van der Waals surface area contributed by atoms with E-state index in [2.05, 4.69) is 6.92 Å². The van der Waals surface area contributed by atoms with Crippen LogP contribution in [0.25, 0.3) is 0 Å². The third kappa shape index (κ3) is 10.0. The fourth-order valence-corrected chi connectivity index (χ4v) is 1.67. The second-order valence-electron chi connectivity index (χ2n) is 4.14. The normalized spacial score (nSPS) is 11.1. The molecule has 0 bridgehead atoms. The molecule has 0 saturated carbocycles. The molecule has 0 amide bonds. The molecule has 0 aromatic carbocycles. The Morgan fingerprint density at radius 3 is 1.86 bits per heavy atom. The average molecular weight is 201 g/mol. The molecule has 0 atom stereocenters. The van der Waals surface area contributed by atoms with Crippen LogP contribution in [0.4, 0.5) is 4.39 Å². The summed E-state index contributed by atoms with van der Waals surface area (Å²) < 4.78 is 12.9. The van der Waals surface area contributed by atoms with E-state index in [4.69, 9.17) is 0 Å². The third-order valence-corrected chi connectivity index (χ3v) is 2.57. The number of rotatable bonds is 10. The fourth-order valence-electron chi connectivity index (χ4n) is 1.67. The molecule has 14 heavy (non-hydrogen) atoms. The van der Waals surface area contributed by atoms with Crippen molar-refractivity contribution in [2.75, 3.05) is 0 Å². The van der Waals surface area contributed by atoms with Crippen molar-refractivity contribution < 1.29 is 4.39 Å².